The fourth-order valence-corrected chi connectivity index (χ4v) is 1.72. The number of aliphatic imine (C=N–C) groups is 1. The molecule has 3 N–H and O–H groups in total. The summed E-state index contributed by atoms with van der Waals surface area (Å²) in [5.41, 5.74) is 5.47. The minimum atomic E-state index is -0.549. The van der Waals surface area contributed by atoms with Gasteiger partial charge in [0.1, 0.15) is 6.10 Å². The first-order valence-corrected chi connectivity index (χ1v) is 4.31. The quantitative estimate of drug-likeness (QED) is 0.590. The lowest BCUT2D eigenvalue weighted by Crippen LogP contribution is -2.36. The van der Waals surface area contributed by atoms with Crippen LogP contribution in [0.15, 0.2) is 4.99 Å². The Bertz CT molecular complexity index is 147. The lowest BCUT2D eigenvalue weighted by Gasteiger charge is -2.12. The third kappa shape index (κ3) is 1.71. The van der Waals surface area contributed by atoms with Crippen LogP contribution in [0.5, 0.6) is 0 Å². The number of thioether (sulfide) groups is 1. The second-order valence-electron chi connectivity index (χ2n) is 2.37. The van der Waals surface area contributed by atoms with Gasteiger partial charge >= 0.3 is 0 Å². The van der Waals surface area contributed by atoms with Crippen LogP contribution >= 0.6 is 11.8 Å². The molecule has 0 radical (unpaired) electrons. The van der Waals surface area contributed by atoms with Crippen LogP contribution in [0.3, 0.4) is 0 Å². The molecule has 3 nitrogen and oxygen atoms in total. The topological polar surface area (TPSA) is 58.6 Å². The third-order valence-corrected chi connectivity index (χ3v) is 2.41. The van der Waals surface area contributed by atoms with Gasteiger partial charge in [-0.1, -0.05) is 0 Å². The second-order valence-corrected chi connectivity index (χ2v) is 3.49. The van der Waals surface area contributed by atoms with Crippen molar-refractivity contribution in [3.8, 4) is 0 Å². The molecule has 0 saturated carbocycles. The summed E-state index contributed by atoms with van der Waals surface area (Å²) in [5.74, 6) is 0.985. The monoisotopic (exact) mass is 160 g/mol. The minimum Gasteiger partial charge on any atom is -0.385 e. The van der Waals surface area contributed by atoms with Crippen molar-refractivity contribution >= 4 is 16.8 Å². The maximum absolute atomic E-state index is 9.35. The number of aliphatic hydroxyl groups is 1. The molecule has 1 aliphatic rings. The summed E-state index contributed by atoms with van der Waals surface area (Å²) in [7, 11) is 0. The van der Waals surface area contributed by atoms with Gasteiger partial charge in [0.2, 0.25) is 0 Å². The molecular weight excluding hydrogens is 148 g/mol. The van der Waals surface area contributed by atoms with Gasteiger partial charge in [-0.3, -0.25) is 4.99 Å². The first kappa shape index (κ1) is 8.04. The van der Waals surface area contributed by atoms with E-state index >= 15 is 0 Å². The minimum absolute atomic E-state index is 0.204. The number of nitrogens with zero attached hydrogens (tertiary/aromatic N) is 1. The molecule has 0 spiro atoms. The third-order valence-electron chi connectivity index (χ3n) is 1.36. The van der Waals surface area contributed by atoms with E-state index in [4.69, 9.17) is 5.73 Å². The molecule has 1 heterocycles. The first-order chi connectivity index (χ1) is 4.72. The lowest BCUT2D eigenvalue weighted by molar-refractivity contribution is 0.219. The molecule has 0 fully saturated rings. The Labute approximate surface area is 64.7 Å². The summed E-state index contributed by atoms with van der Waals surface area (Å²) >= 11 is 1.60. The van der Waals surface area contributed by atoms with Crippen molar-refractivity contribution < 1.29 is 5.11 Å². The van der Waals surface area contributed by atoms with Gasteiger partial charge in [0.05, 0.1) is 5.04 Å². The molecule has 0 bridgehead atoms. The smallest absolute Gasteiger partial charge is 0.116 e. The number of hydrogen-bond donors (Lipinski definition) is 2. The highest BCUT2D eigenvalue weighted by molar-refractivity contribution is 8.14. The van der Waals surface area contributed by atoms with Crippen LogP contribution in [0, 0.1) is 0 Å². The molecule has 0 amide bonds. The molecule has 1 unspecified atom stereocenters. The number of rotatable bonds is 2. The van der Waals surface area contributed by atoms with E-state index in [9.17, 15) is 5.11 Å². The van der Waals surface area contributed by atoms with Crippen LogP contribution in [0.25, 0.3) is 0 Å². The summed E-state index contributed by atoms with van der Waals surface area (Å²) in [6.45, 7) is 2.61. The first-order valence-electron chi connectivity index (χ1n) is 3.32. The Morgan fingerprint density at radius 1 is 1.80 bits per heavy atom. The SMILES string of the molecule is C[C@H](N)C(O)C1=NCCS1. The van der Waals surface area contributed by atoms with Gasteiger partial charge in [-0.2, -0.15) is 0 Å². The van der Waals surface area contributed by atoms with Crippen LogP contribution in [0.1, 0.15) is 6.92 Å². The molecule has 2 atom stereocenters. The molecule has 0 aromatic heterocycles. The molecular formula is C6H12N2OS. The van der Waals surface area contributed by atoms with Gasteiger partial charge in [0, 0.05) is 18.3 Å². The molecule has 4 heteroatoms. The molecule has 0 saturated heterocycles. The lowest BCUT2D eigenvalue weighted by atomic mass is 10.2. The van der Waals surface area contributed by atoms with E-state index in [1.54, 1.807) is 18.7 Å². The average molecular weight is 160 g/mol. The van der Waals surface area contributed by atoms with Crippen LogP contribution < -0.4 is 5.73 Å². The van der Waals surface area contributed by atoms with Gasteiger partial charge in [0.25, 0.3) is 0 Å². The summed E-state index contributed by atoms with van der Waals surface area (Å²) in [6, 6.07) is -0.204. The van der Waals surface area contributed by atoms with Crippen molar-refractivity contribution in [1.29, 1.82) is 0 Å². The average Bonchev–Trinajstić information content (AvgIpc) is 2.36. The molecule has 10 heavy (non-hydrogen) atoms. The fourth-order valence-electron chi connectivity index (χ4n) is 0.755. The van der Waals surface area contributed by atoms with E-state index < -0.39 is 6.10 Å². The van der Waals surface area contributed by atoms with Gasteiger partial charge < -0.3 is 10.8 Å². The highest BCUT2D eigenvalue weighted by Crippen LogP contribution is 2.15. The zero-order valence-electron chi connectivity index (χ0n) is 5.95. The standard InChI is InChI=1S/C6H12N2OS/c1-4(7)5(9)6-8-2-3-10-6/h4-5,9H,2-3,7H2,1H3/t4-,5?/m0/s1. The van der Waals surface area contributed by atoms with Crippen molar-refractivity contribution in [2.75, 3.05) is 12.3 Å². The molecule has 1 aliphatic heterocycles. The van der Waals surface area contributed by atoms with Gasteiger partial charge in [-0.25, -0.2) is 0 Å². The number of nitrogens with two attached hydrogens (primary N) is 1. The molecule has 0 aromatic carbocycles. The summed E-state index contributed by atoms with van der Waals surface area (Å²) in [4.78, 5) is 4.11. The van der Waals surface area contributed by atoms with Crippen molar-refractivity contribution in [2.24, 2.45) is 10.7 Å². The number of hydrogen-bond acceptors (Lipinski definition) is 4. The van der Waals surface area contributed by atoms with Crippen molar-refractivity contribution in [3.63, 3.8) is 0 Å². The van der Waals surface area contributed by atoms with Crippen molar-refractivity contribution in [3.05, 3.63) is 0 Å². The Kier molecular flexibility index (Phi) is 2.71. The van der Waals surface area contributed by atoms with Gasteiger partial charge in [-0.05, 0) is 6.92 Å². The predicted octanol–water partition coefficient (Wildman–Crippen LogP) is -0.160. The van der Waals surface area contributed by atoms with E-state index in [2.05, 4.69) is 4.99 Å². The van der Waals surface area contributed by atoms with Crippen LogP contribution in [0.4, 0.5) is 0 Å². The van der Waals surface area contributed by atoms with E-state index in [0.717, 1.165) is 17.3 Å². The maximum atomic E-state index is 9.35. The second kappa shape index (κ2) is 3.37. The highest BCUT2D eigenvalue weighted by atomic mass is 32.2. The zero-order chi connectivity index (χ0) is 7.56. The van der Waals surface area contributed by atoms with E-state index in [1.807, 2.05) is 0 Å². The molecule has 1 rings (SSSR count). The Morgan fingerprint density at radius 2 is 2.50 bits per heavy atom. The maximum Gasteiger partial charge on any atom is 0.116 e. The van der Waals surface area contributed by atoms with Crippen LogP contribution in [-0.2, 0) is 0 Å². The highest BCUT2D eigenvalue weighted by Gasteiger charge is 2.19. The molecule has 58 valence electrons. The Balaban J connectivity index is 2.47. The van der Waals surface area contributed by atoms with Gasteiger partial charge in [0.15, 0.2) is 0 Å². The fraction of sp³-hybridized carbons (Fsp3) is 0.833. The van der Waals surface area contributed by atoms with E-state index in [0.29, 0.717) is 0 Å². The molecule has 0 aliphatic carbocycles. The predicted molar refractivity (Wildman–Crippen MR) is 44.4 cm³/mol. The number of aliphatic hydroxyl groups excluding tert-OH is 1. The normalized spacial score (nSPS) is 24.1. The van der Waals surface area contributed by atoms with Crippen LogP contribution in [0.2, 0.25) is 0 Å². The Morgan fingerprint density at radius 3 is 2.90 bits per heavy atom. The largest absolute Gasteiger partial charge is 0.385 e. The van der Waals surface area contributed by atoms with Crippen molar-refractivity contribution in [2.45, 2.75) is 19.1 Å². The molecule has 0 aromatic rings. The van der Waals surface area contributed by atoms with E-state index in [1.165, 1.54) is 0 Å². The van der Waals surface area contributed by atoms with Crippen LogP contribution in [-0.4, -0.2) is 34.6 Å². The van der Waals surface area contributed by atoms with Gasteiger partial charge in [-0.15, -0.1) is 11.8 Å². The van der Waals surface area contributed by atoms with E-state index in [-0.39, 0.29) is 6.04 Å². The van der Waals surface area contributed by atoms with Crippen molar-refractivity contribution in [1.82, 2.24) is 0 Å². The summed E-state index contributed by atoms with van der Waals surface area (Å²) in [5, 5.41) is 10.2. The Hall–Kier alpha value is -0.0600. The zero-order valence-corrected chi connectivity index (χ0v) is 6.77. The summed E-state index contributed by atoms with van der Waals surface area (Å²) < 4.78 is 0. The summed E-state index contributed by atoms with van der Waals surface area (Å²) in [6.07, 6.45) is -0.549.